The van der Waals surface area contributed by atoms with Crippen molar-refractivity contribution in [2.45, 2.75) is 43.1 Å². The van der Waals surface area contributed by atoms with Crippen LogP contribution in [0.5, 0.6) is 5.75 Å². The quantitative estimate of drug-likeness (QED) is 0.563. The van der Waals surface area contributed by atoms with Gasteiger partial charge in [-0.25, -0.2) is 4.68 Å². The number of hydrogen-bond donors (Lipinski definition) is 2. The molecule has 1 aromatic heterocycles. The Hall–Kier alpha value is -2.71. The van der Waals surface area contributed by atoms with Crippen LogP contribution in [-0.4, -0.2) is 33.1 Å². The maximum absolute atomic E-state index is 13.4. The highest BCUT2D eigenvalue weighted by molar-refractivity contribution is 8.00. The lowest BCUT2D eigenvalue weighted by Gasteiger charge is -2.33. The first kappa shape index (κ1) is 21.5. The zero-order valence-corrected chi connectivity index (χ0v) is 19.1. The molecule has 0 radical (unpaired) electrons. The number of nitrogens with zero attached hydrogens (tertiary/aromatic N) is 3. The Kier molecular flexibility index (Phi) is 6.38. The van der Waals surface area contributed by atoms with Gasteiger partial charge < -0.3 is 15.5 Å². The molecule has 0 aliphatic carbocycles. The number of methoxy groups -OCH3 is 1. The predicted octanol–water partition coefficient (Wildman–Crippen LogP) is 4.60. The molecule has 3 aromatic rings. The van der Waals surface area contributed by atoms with Crippen molar-refractivity contribution >= 4 is 35.0 Å². The number of rotatable bonds is 6. The second kappa shape index (κ2) is 9.20. The minimum Gasteiger partial charge on any atom is -0.497 e. The maximum Gasteiger partial charge on any atom is 0.240 e. The molecular weight excluding hydrogens is 434 g/mol. The molecule has 2 N–H and O–H groups in total. The van der Waals surface area contributed by atoms with Crippen molar-refractivity contribution in [2.24, 2.45) is 0 Å². The summed E-state index contributed by atoms with van der Waals surface area (Å²) in [5, 5.41) is 12.4. The third kappa shape index (κ3) is 4.50. The highest BCUT2D eigenvalue weighted by Gasteiger charge is 2.38. The molecule has 9 heteroatoms. The SMILES string of the molecule is CCCc1nnc2n1N[C@H](c1ccc(OC)cc1)[C@H](C(=O)Nc1cc(Cl)ccc1C)S2. The third-order valence-electron chi connectivity index (χ3n) is 5.17. The van der Waals surface area contributed by atoms with Crippen molar-refractivity contribution in [1.82, 2.24) is 14.9 Å². The molecule has 7 nitrogen and oxygen atoms in total. The van der Waals surface area contributed by atoms with E-state index in [2.05, 4.69) is 27.9 Å². The van der Waals surface area contributed by atoms with E-state index in [0.29, 0.717) is 15.9 Å². The number of aryl methyl sites for hydroxylation is 2. The van der Waals surface area contributed by atoms with Crippen molar-refractivity contribution in [2.75, 3.05) is 17.9 Å². The van der Waals surface area contributed by atoms with Crippen molar-refractivity contribution < 1.29 is 9.53 Å². The Morgan fingerprint density at radius 1 is 1.26 bits per heavy atom. The maximum atomic E-state index is 13.4. The lowest BCUT2D eigenvalue weighted by atomic mass is 10.0. The van der Waals surface area contributed by atoms with Gasteiger partial charge in [0, 0.05) is 17.1 Å². The number of anilines is 1. The van der Waals surface area contributed by atoms with Crippen LogP contribution in [-0.2, 0) is 11.2 Å². The number of carbonyl (C=O) groups is 1. The molecule has 0 spiro atoms. The van der Waals surface area contributed by atoms with E-state index in [1.54, 1.807) is 19.2 Å². The average Bonchev–Trinajstić information content (AvgIpc) is 3.17. The fraction of sp³-hybridized carbons (Fsp3) is 0.318. The second-order valence-electron chi connectivity index (χ2n) is 7.35. The van der Waals surface area contributed by atoms with Crippen molar-refractivity contribution in [1.29, 1.82) is 0 Å². The zero-order chi connectivity index (χ0) is 22.0. The van der Waals surface area contributed by atoms with Crippen LogP contribution < -0.4 is 15.5 Å². The topological polar surface area (TPSA) is 81.1 Å². The Balaban J connectivity index is 1.67. The van der Waals surface area contributed by atoms with Crippen LogP contribution in [0.3, 0.4) is 0 Å². The van der Waals surface area contributed by atoms with Crippen LogP contribution in [0.25, 0.3) is 0 Å². The summed E-state index contributed by atoms with van der Waals surface area (Å²) in [4.78, 5) is 13.4. The summed E-state index contributed by atoms with van der Waals surface area (Å²) in [5.41, 5.74) is 6.09. The summed E-state index contributed by atoms with van der Waals surface area (Å²) in [6, 6.07) is 12.9. The van der Waals surface area contributed by atoms with Crippen LogP contribution >= 0.6 is 23.4 Å². The Morgan fingerprint density at radius 2 is 2.03 bits per heavy atom. The summed E-state index contributed by atoms with van der Waals surface area (Å²) in [7, 11) is 1.63. The van der Waals surface area contributed by atoms with Gasteiger partial charge in [0.1, 0.15) is 11.0 Å². The molecule has 2 aromatic carbocycles. The second-order valence-corrected chi connectivity index (χ2v) is 8.90. The molecule has 0 fully saturated rings. The number of aromatic nitrogens is 3. The first-order valence-corrected chi connectivity index (χ1v) is 11.3. The van der Waals surface area contributed by atoms with E-state index in [1.807, 2.05) is 41.9 Å². The molecule has 1 aliphatic rings. The Labute approximate surface area is 190 Å². The standard InChI is InChI=1S/C22H24ClN5O2S/c1-4-5-18-25-26-22-28(18)27-19(14-7-10-16(30-3)11-8-14)20(31-22)21(29)24-17-12-15(23)9-6-13(17)2/h6-12,19-20,27H,4-5H2,1-3H3,(H,24,29)/t19-,20-/m1/s1. The minimum atomic E-state index is -0.460. The number of halogens is 1. The molecular formula is C22H24ClN5O2S. The normalized spacial score (nSPS) is 17.5. The van der Waals surface area contributed by atoms with Gasteiger partial charge in [-0.15, -0.1) is 10.2 Å². The smallest absolute Gasteiger partial charge is 0.240 e. The number of thioether (sulfide) groups is 1. The number of amides is 1. The molecule has 0 saturated carbocycles. The van der Waals surface area contributed by atoms with Crippen LogP contribution in [0.1, 0.15) is 36.3 Å². The number of benzene rings is 2. The van der Waals surface area contributed by atoms with Crippen LogP contribution in [0.15, 0.2) is 47.6 Å². The molecule has 0 unspecified atom stereocenters. The minimum absolute atomic E-state index is 0.130. The Bertz CT molecular complexity index is 1090. The Morgan fingerprint density at radius 3 is 2.74 bits per heavy atom. The number of nitrogens with one attached hydrogen (secondary N) is 2. The van der Waals surface area contributed by atoms with Gasteiger partial charge in [-0.1, -0.05) is 48.5 Å². The summed E-state index contributed by atoms with van der Waals surface area (Å²) < 4.78 is 7.19. The highest BCUT2D eigenvalue weighted by Crippen LogP contribution is 2.38. The first-order chi connectivity index (χ1) is 15.0. The molecule has 162 valence electrons. The summed E-state index contributed by atoms with van der Waals surface area (Å²) >= 11 is 7.54. The molecule has 2 heterocycles. The largest absolute Gasteiger partial charge is 0.497 e. The van der Waals surface area contributed by atoms with E-state index in [9.17, 15) is 4.79 Å². The van der Waals surface area contributed by atoms with Gasteiger partial charge >= 0.3 is 0 Å². The van der Waals surface area contributed by atoms with E-state index in [-0.39, 0.29) is 11.9 Å². The fourth-order valence-corrected chi connectivity index (χ4v) is 4.75. The van der Waals surface area contributed by atoms with Gasteiger partial charge in [0.25, 0.3) is 0 Å². The summed E-state index contributed by atoms with van der Waals surface area (Å²) in [6.45, 7) is 4.04. The van der Waals surface area contributed by atoms with E-state index >= 15 is 0 Å². The molecule has 31 heavy (non-hydrogen) atoms. The van der Waals surface area contributed by atoms with E-state index in [4.69, 9.17) is 16.3 Å². The lowest BCUT2D eigenvalue weighted by molar-refractivity contribution is -0.116. The van der Waals surface area contributed by atoms with Gasteiger partial charge in [-0.2, -0.15) is 0 Å². The zero-order valence-electron chi connectivity index (χ0n) is 17.6. The monoisotopic (exact) mass is 457 g/mol. The van der Waals surface area contributed by atoms with Gasteiger partial charge in [-0.3, -0.25) is 4.79 Å². The number of ether oxygens (including phenoxy) is 1. The molecule has 0 saturated heterocycles. The number of carbonyl (C=O) groups excluding carboxylic acids is 1. The van der Waals surface area contributed by atoms with Gasteiger partial charge in [0.15, 0.2) is 5.82 Å². The number of fused-ring (bicyclic) bond motifs is 1. The molecule has 0 bridgehead atoms. The van der Waals surface area contributed by atoms with Gasteiger partial charge in [0.2, 0.25) is 11.1 Å². The van der Waals surface area contributed by atoms with Crippen LogP contribution in [0, 0.1) is 6.92 Å². The lowest BCUT2D eigenvalue weighted by Crippen LogP contribution is -2.41. The highest BCUT2D eigenvalue weighted by atomic mass is 35.5. The van der Waals surface area contributed by atoms with Crippen molar-refractivity contribution in [3.05, 3.63) is 64.4 Å². The van der Waals surface area contributed by atoms with Crippen LogP contribution in [0.4, 0.5) is 5.69 Å². The van der Waals surface area contributed by atoms with E-state index in [0.717, 1.165) is 35.5 Å². The third-order valence-corrected chi connectivity index (χ3v) is 6.62. The summed E-state index contributed by atoms with van der Waals surface area (Å²) in [5.74, 6) is 1.49. The molecule has 1 amide bonds. The van der Waals surface area contributed by atoms with Gasteiger partial charge in [-0.05, 0) is 48.7 Å². The molecule has 1 aliphatic heterocycles. The predicted molar refractivity (Wildman–Crippen MR) is 124 cm³/mol. The number of hydrogen-bond acceptors (Lipinski definition) is 6. The average molecular weight is 458 g/mol. The molecule has 2 atom stereocenters. The molecule has 4 rings (SSSR count). The van der Waals surface area contributed by atoms with E-state index < -0.39 is 5.25 Å². The van der Waals surface area contributed by atoms with Crippen molar-refractivity contribution in [3.63, 3.8) is 0 Å². The van der Waals surface area contributed by atoms with Crippen molar-refractivity contribution in [3.8, 4) is 5.75 Å². The fourth-order valence-electron chi connectivity index (χ4n) is 3.48. The van der Waals surface area contributed by atoms with Crippen LogP contribution in [0.2, 0.25) is 5.02 Å². The summed E-state index contributed by atoms with van der Waals surface area (Å²) in [6.07, 6.45) is 1.75. The first-order valence-electron chi connectivity index (χ1n) is 10.1. The van der Waals surface area contributed by atoms with E-state index in [1.165, 1.54) is 11.8 Å². The van der Waals surface area contributed by atoms with Gasteiger partial charge in [0.05, 0.1) is 13.2 Å².